The van der Waals surface area contributed by atoms with E-state index in [-0.39, 0.29) is 12.4 Å². The lowest BCUT2D eigenvalue weighted by Gasteiger charge is -1.97. The van der Waals surface area contributed by atoms with Gasteiger partial charge in [-0.25, -0.2) is 4.39 Å². The van der Waals surface area contributed by atoms with Gasteiger partial charge in [-0.2, -0.15) is 0 Å². The molecular weight excluding hydrogens is 163 g/mol. The van der Waals surface area contributed by atoms with E-state index in [4.69, 9.17) is 5.11 Å². The number of hydrogen-bond donors (Lipinski definition) is 1. The summed E-state index contributed by atoms with van der Waals surface area (Å²) in [7, 11) is 0. The predicted octanol–water partition coefficient (Wildman–Crippen LogP) is 1.91. The Kier molecular flexibility index (Phi) is 3.39. The fourth-order valence-electron chi connectivity index (χ4n) is 0.720. The molecule has 0 unspecified atom stereocenters. The van der Waals surface area contributed by atoms with Crippen LogP contribution in [0, 0.1) is 5.82 Å². The van der Waals surface area contributed by atoms with Crippen molar-refractivity contribution in [3.8, 4) is 0 Å². The molecule has 0 atom stereocenters. The minimum absolute atomic E-state index is 0.126. The fourth-order valence-corrected chi connectivity index (χ4v) is 1.42. The van der Waals surface area contributed by atoms with Gasteiger partial charge < -0.3 is 5.11 Å². The summed E-state index contributed by atoms with van der Waals surface area (Å²) in [5.74, 6) is 0.386. The highest BCUT2D eigenvalue weighted by atomic mass is 32.2. The molecule has 0 fully saturated rings. The van der Waals surface area contributed by atoms with Gasteiger partial charge in [0.2, 0.25) is 0 Å². The summed E-state index contributed by atoms with van der Waals surface area (Å²) in [5, 5.41) is 8.48. The van der Waals surface area contributed by atoms with Crippen LogP contribution in [0.25, 0.3) is 0 Å². The molecule has 0 spiro atoms. The van der Waals surface area contributed by atoms with Crippen LogP contribution < -0.4 is 0 Å². The second kappa shape index (κ2) is 4.36. The van der Waals surface area contributed by atoms with Gasteiger partial charge in [-0.15, -0.1) is 11.8 Å². The molecule has 0 radical (unpaired) electrons. The third kappa shape index (κ3) is 2.91. The molecule has 60 valence electrons. The highest BCUT2D eigenvalue weighted by Gasteiger charge is 1.93. The third-order valence-electron chi connectivity index (χ3n) is 1.16. The highest BCUT2D eigenvalue weighted by Crippen LogP contribution is 2.17. The molecule has 0 aromatic heterocycles. The molecule has 11 heavy (non-hydrogen) atoms. The zero-order chi connectivity index (χ0) is 8.10. The van der Waals surface area contributed by atoms with E-state index in [0.29, 0.717) is 5.75 Å². The first-order valence-electron chi connectivity index (χ1n) is 3.32. The number of hydrogen-bond acceptors (Lipinski definition) is 2. The Bertz CT molecular complexity index is 227. The average molecular weight is 172 g/mol. The van der Waals surface area contributed by atoms with Gasteiger partial charge >= 0.3 is 0 Å². The van der Waals surface area contributed by atoms with Crippen molar-refractivity contribution in [1.29, 1.82) is 0 Å². The largest absolute Gasteiger partial charge is 0.396 e. The van der Waals surface area contributed by atoms with Gasteiger partial charge in [0.15, 0.2) is 0 Å². The van der Waals surface area contributed by atoms with Gasteiger partial charge in [0.25, 0.3) is 0 Å². The summed E-state index contributed by atoms with van der Waals surface area (Å²) < 4.78 is 12.5. The van der Waals surface area contributed by atoms with Crippen LogP contribution in [0.4, 0.5) is 4.39 Å². The van der Waals surface area contributed by atoms with E-state index in [2.05, 4.69) is 0 Å². The summed E-state index contributed by atoms with van der Waals surface area (Å²) >= 11 is 1.44. The summed E-state index contributed by atoms with van der Waals surface area (Å²) in [6, 6.07) is 6.35. The maximum Gasteiger partial charge on any atom is 0.124 e. The Morgan fingerprint density at radius 3 is 2.91 bits per heavy atom. The summed E-state index contributed by atoms with van der Waals surface area (Å²) in [4.78, 5) is 0.860. The Morgan fingerprint density at radius 1 is 1.45 bits per heavy atom. The van der Waals surface area contributed by atoms with Crippen molar-refractivity contribution in [2.45, 2.75) is 4.90 Å². The van der Waals surface area contributed by atoms with Crippen LogP contribution in [-0.2, 0) is 0 Å². The average Bonchev–Trinajstić information content (AvgIpc) is 2.01. The monoisotopic (exact) mass is 172 g/mol. The maximum absolute atomic E-state index is 12.5. The zero-order valence-electron chi connectivity index (χ0n) is 5.96. The molecular formula is C8H9FOS. The number of benzene rings is 1. The number of rotatable bonds is 3. The van der Waals surface area contributed by atoms with Crippen LogP contribution in [0.15, 0.2) is 29.2 Å². The van der Waals surface area contributed by atoms with E-state index >= 15 is 0 Å². The number of halogens is 1. The molecule has 0 aliphatic heterocycles. The highest BCUT2D eigenvalue weighted by molar-refractivity contribution is 7.99. The van der Waals surface area contributed by atoms with Crippen LogP contribution in [-0.4, -0.2) is 17.5 Å². The van der Waals surface area contributed by atoms with Crippen molar-refractivity contribution in [1.82, 2.24) is 0 Å². The van der Waals surface area contributed by atoms with Crippen molar-refractivity contribution in [2.24, 2.45) is 0 Å². The molecule has 1 nitrogen and oxygen atoms in total. The molecule has 0 amide bonds. The Balaban J connectivity index is 2.56. The van der Waals surface area contributed by atoms with Gasteiger partial charge in [-0.3, -0.25) is 0 Å². The van der Waals surface area contributed by atoms with E-state index in [1.54, 1.807) is 6.07 Å². The van der Waals surface area contributed by atoms with Crippen molar-refractivity contribution in [3.05, 3.63) is 30.1 Å². The molecule has 0 heterocycles. The smallest absolute Gasteiger partial charge is 0.124 e. The molecule has 0 bridgehead atoms. The van der Waals surface area contributed by atoms with E-state index in [9.17, 15) is 4.39 Å². The lowest BCUT2D eigenvalue weighted by molar-refractivity contribution is 0.322. The Labute approximate surface area is 69.2 Å². The second-order valence-corrected chi connectivity index (χ2v) is 3.20. The SMILES string of the molecule is OCCSc1cccc(F)c1. The first-order chi connectivity index (χ1) is 5.33. The molecule has 0 aliphatic carbocycles. The molecule has 1 rings (SSSR count). The van der Waals surface area contributed by atoms with Gasteiger partial charge in [0, 0.05) is 10.6 Å². The first kappa shape index (κ1) is 8.56. The van der Waals surface area contributed by atoms with Crippen LogP contribution in [0.1, 0.15) is 0 Å². The molecule has 0 saturated carbocycles. The minimum atomic E-state index is -0.229. The van der Waals surface area contributed by atoms with E-state index in [1.807, 2.05) is 6.07 Å². The standard InChI is InChI=1S/C8H9FOS/c9-7-2-1-3-8(6-7)11-5-4-10/h1-3,6,10H,4-5H2. The summed E-state index contributed by atoms with van der Waals surface area (Å²) in [5.41, 5.74) is 0. The van der Waals surface area contributed by atoms with Crippen LogP contribution in [0.2, 0.25) is 0 Å². The first-order valence-corrected chi connectivity index (χ1v) is 4.30. The molecule has 1 N–H and O–H groups in total. The van der Waals surface area contributed by atoms with Crippen LogP contribution >= 0.6 is 11.8 Å². The topological polar surface area (TPSA) is 20.2 Å². The van der Waals surface area contributed by atoms with E-state index in [0.717, 1.165) is 4.90 Å². The van der Waals surface area contributed by atoms with Crippen molar-refractivity contribution in [3.63, 3.8) is 0 Å². The molecule has 0 saturated heterocycles. The minimum Gasteiger partial charge on any atom is -0.396 e. The number of aliphatic hydroxyl groups excluding tert-OH is 1. The summed E-state index contributed by atoms with van der Waals surface area (Å²) in [6.07, 6.45) is 0. The predicted molar refractivity (Wildman–Crippen MR) is 44.2 cm³/mol. The lowest BCUT2D eigenvalue weighted by Crippen LogP contribution is -1.85. The summed E-state index contributed by atoms with van der Waals surface area (Å²) in [6.45, 7) is 0.126. The Morgan fingerprint density at radius 2 is 2.27 bits per heavy atom. The molecule has 1 aromatic rings. The number of aliphatic hydroxyl groups is 1. The molecule has 1 aromatic carbocycles. The van der Waals surface area contributed by atoms with Gasteiger partial charge in [0.05, 0.1) is 6.61 Å². The van der Waals surface area contributed by atoms with Crippen molar-refractivity contribution < 1.29 is 9.50 Å². The fraction of sp³-hybridized carbons (Fsp3) is 0.250. The number of thioether (sulfide) groups is 1. The zero-order valence-corrected chi connectivity index (χ0v) is 6.77. The van der Waals surface area contributed by atoms with Crippen LogP contribution in [0.3, 0.4) is 0 Å². The molecule has 0 aliphatic rings. The lowest BCUT2D eigenvalue weighted by atomic mass is 10.4. The maximum atomic E-state index is 12.5. The van der Waals surface area contributed by atoms with E-state index in [1.165, 1.54) is 23.9 Å². The van der Waals surface area contributed by atoms with Gasteiger partial charge in [-0.1, -0.05) is 6.07 Å². The van der Waals surface area contributed by atoms with Crippen molar-refractivity contribution >= 4 is 11.8 Å². The molecule has 3 heteroatoms. The third-order valence-corrected chi connectivity index (χ3v) is 2.13. The van der Waals surface area contributed by atoms with Gasteiger partial charge in [0.1, 0.15) is 5.82 Å². The second-order valence-electron chi connectivity index (χ2n) is 2.03. The normalized spacial score (nSPS) is 10.0. The van der Waals surface area contributed by atoms with Gasteiger partial charge in [-0.05, 0) is 18.2 Å². The Hall–Kier alpha value is -0.540. The van der Waals surface area contributed by atoms with Crippen molar-refractivity contribution in [2.75, 3.05) is 12.4 Å². The van der Waals surface area contributed by atoms with E-state index < -0.39 is 0 Å². The quantitative estimate of drug-likeness (QED) is 0.703. The van der Waals surface area contributed by atoms with Crippen LogP contribution in [0.5, 0.6) is 0 Å².